The molecule has 1 saturated heterocycles. The molecule has 2 unspecified atom stereocenters. The lowest BCUT2D eigenvalue weighted by atomic mass is 9.85. The Balaban J connectivity index is 1.78. The molecule has 112 valence electrons. The molecule has 1 aromatic carbocycles. The van der Waals surface area contributed by atoms with E-state index in [1.165, 1.54) is 12.0 Å². The quantitative estimate of drug-likeness (QED) is 0.474. The zero-order chi connectivity index (χ0) is 15.4. The Labute approximate surface area is 127 Å². The van der Waals surface area contributed by atoms with Crippen molar-refractivity contribution in [2.24, 2.45) is 23.7 Å². The van der Waals surface area contributed by atoms with Crippen molar-refractivity contribution >= 4 is 23.5 Å². The summed E-state index contributed by atoms with van der Waals surface area (Å²) in [6.07, 6.45) is 4.98. The molecule has 4 rings (SSSR count). The van der Waals surface area contributed by atoms with Crippen molar-refractivity contribution in [3.8, 4) is 0 Å². The van der Waals surface area contributed by atoms with Gasteiger partial charge in [0.15, 0.2) is 0 Å². The Morgan fingerprint density at radius 3 is 2.27 bits per heavy atom. The van der Waals surface area contributed by atoms with Gasteiger partial charge in [0.25, 0.3) is 0 Å². The Morgan fingerprint density at radius 1 is 1.09 bits per heavy atom. The molecule has 5 heteroatoms. The lowest BCUT2D eigenvalue weighted by molar-refractivity contribution is -0.123. The smallest absolute Gasteiger partial charge is 0.339 e. The second kappa shape index (κ2) is 4.53. The second-order valence-electron chi connectivity index (χ2n) is 6.02. The maximum Gasteiger partial charge on any atom is 0.339 e. The van der Waals surface area contributed by atoms with E-state index in [1.807, 2.05) is 12.2 Å². The summed E-state index contributed by atoms with van der Waals surface area (Å²) in [4.78, 5) is 38.6. The molecule has 2 bridgehead atoms. The molecule has 2 fully saturated rings. The number of anilines is 1. The van der Waals surface area contributed by atoms with Crippen molar-refractivity contribution in [1.82, 2.24) is 0 Å². The number of methoxy groups -OCH3 is 1. The molecule has 5 nitrogen and oxygen atoms in total. The third kappa shape index (κ3) is 1.56. The number of benzene rings is 1. The number of amides is 2. The Morgan fingerprint density at radius 2 is 1.68 bits per heavy atom. The van der Waals surface area contributed by atoms with Gasteiger partial charge < -0.3 is 4.74 Å². The summed E-state index contributed by atoms with van der Waals surface area (Å²) in [6, 6.07) is 6.59. The van der Waals surface area contributed by atoms with E-state index in [0.29, 0.717) is 5.69 Å². The molecule has 0 aromatic heterocycles. The third-order valence-corrected chi connectivity index (χ3v) is 5.02. The van der Waals surface area contributed by atoms with Crippen LogP contribution in [0.2, 0.25) is 0 Å². The van der Waals surface area contributed by atoms with Crippen LogP contribution in [0.25, 0.3) is 0 Å². The normalized spacial score (nSPS) is 31.8. The van der Waals surface area contributed by atoms with E-state index in [-0.39, 0.29) is 41.0 Å². The Kier molecular flexibility index (Phi) is 2.73. The average Bonchev–Trinajstić information content (AvgIpc) is 3.21. The Bertz CT molecular complexity index is 693. The van der Waals surface area contributed by atoms with Crippen LogP contribution in [-0.2, 0) is 14.3 Å². The number of carbonyl (C=O) groups excluding carboxylic acids is 3. The highest BCUT2D eigenvalue weighted by molar-refractivity contribution is 6.24. The molecule has 1 saturated carbocycles. The molecule has 22 heavy (non-hydrogen) atoms. The molecule has 0 spiro atoms. The zero-order valence-electron chi connectivity index (χ0n) is 12.1. The monoisotopic (exact) mass is 297 g/mol. The van der Waals surface area contributed by atoms with E-state index in [1.54, 1.807) is 24.3 Å². The fourth-order valence-electron chi connectivity index (χ4n) is 4.09. The fraction of sp³-hybridized carbons (Fsp3) is 0.353. The highest BCUT2D eigenvalue weighted by Crippen LogP contribution is 2.53. The maximum atomic E-state index is 12.8. The lowest BCUT2D eigenvalue weighted by Crippen LogP contribution is -2.34. The average molecular weight is 297 g/mol. The van der Waals surface area contributed by atoms with Crippen molar-refractivity contribution in [2.75, 3.05) is 12.0 Å². The van der Waals surface area contributed by atoms with Gasteiger partial charge >= 0.3 is 5.97 Å². The van der Waals surface area contributed by atoms with Gasteiger partial charge in [-0.1, -0.05) is 24.3 Å². The molecule has 2 aliphatic carbocycles. The van der Waals surface area contributed by atoms with Crippen LogP contribution in [-0.4, -0.2) is 24.9 Å². The Hall–Kier alpha value is -2.43. The molecule has 1 heterocycles. The van der Waals surface area contributed by atoms with Crippen LogP contribution in [0, 0.1) is 23.7 Å². The number of hydrogen-bond donors (Lipinski definition) is 0. The van der Waals surface area contributed by atoms with Crippen molar-refractivity contribution in [2.45, 2.75) is 6.42 Å². The van der Waals surface area contributed by atoms with E-state index >= 15 is 0 Å². The van der Waals surface area contributed by atoms with Crippen LogP contribution in [0.3, 0.4) is 0 Å². The summed E-state index contributed by atoms with van der Waals surface area (Å²) in [5.41, 5.74) is 0.574. The van der Waals surface area contributed by atoms with E-state index in [4.69, 9.17) is 4.74 Å². The molecule has 4 atom stereocenters. The summed E-state index contributed by atoms with van der Waals surface area (Å²) in [5.74, 6) is -1.16. The van der Waals surface area contributed by atoms with Gasteiger partial charge in [-0.05, 0) is 30.4 Å². The number of para-hydroxylation sites is 1. The number of imide groups is 1. The first-order valence-corrected chi connectivity index (χ1v) is 7.37. The van der Waals surface area contributed by atoms with E-state index in [9.17, 15) is 14.4 Å². The highest BCUT2D eigenvalue weighted by atomic mass is 16.5. The third-order valence-electron chi connectivity index (χ3n) is 5.02. The van der Waals surface area contributed by atoms with Crippen molar-refractivity contribution < 1.29 is 19.1 Å². The minimum atomic E-state index is -0.547. The molecular formula is C17H15NO4. The van der Waals surface area contributed by atoms with Gasteiger partial charge in [0.1, 0.15) is 0 Å². The largest absolute Gasteiger partial charge is 0.465 e. The first-order valence-electron chi connectivity index (χ1n) is 7.37. The molecule has 3 aliphatic rings. The van der Waals surface area contributed by atoms with Crippen LogP contribution in [0.15, 0.2) is 36.4 Å². The summed E-state index contributed by atoms with van der Waals surface area (Å²) < 4.78 is 4.76. The predicted molar refractivity (Wildman–Crippen MR) is 78.0 cm³/mol. The van der Waals surface area contributed by atoms with Crippen molar-refractivity contribution in [1.29, 1.82) is 0 Å². The number of ether oxygens (including phenoxy) is 1. The topological polar surface area (TPSA) is 63.7 Å². The number of rotatable bonds is 2. The van der Waals surface area contributed by atoms with Gasteiger partial charge in [-0.2, -0.15) is 0 Å². The van der Waals surface area contributed by atoms with E-state index < -0.39 is 5.97 Å². The minimum absolute atomic E-state index is 0.154. The van der Waals surface area contributed by atoms with Crippen molar-refractivity contribution in [3.63, 3.8) is 0 Å². The molecular weight excluding hydrogens is 282 g/mol. The lowest BCUT2D eigenvalue weighted by Gasteiger charge is -2.19. The standard InChI is InChI=1S/C17H15NO4/c1-22-17(21)11-4-2-3-5-12(11)18-15(19)13-9-6-7-10(8-9)14(13)16(18)20/h2-7,9-10,13-14H,8H2,1H3/t9-,10-,13?,14?/m1/s1. The van der Waals surface area contributed by atoms with E-state index in [2.05, 4.69) is 0 Å². The van der Waals surface area contributed by atoms with Crippen LogP contribution in [0.4, 0.5) is 5.69 Å². The van der Waals surface area contributed by atoms with Gasteiger partial charge in [-0.25, -0.2) is 9.69 Å². The fourth-order valence-corrected chi connectivity index (χ4v) is 4.09. The van der Waals surface area contributed by atoms with Crippen LogP contribution >= 0.6 is 0 Å². The van der Waals surface area contributed by atoms with Gasteiger partial charge in [0.2, 0.25) is 11.8 Å². The number of allylic oxidation sites excluding steroid dienone is 2. The SMILES string of the molecule is COC(=O)c1ccccc1N1C(=O)C2C(C1=O)[C@@H]1C=C[C@@H]2C1. The number of nitrogens with zero attached hydrogens (tertiary/aromatic N) is 1. The summed E-state index contributed by atoms with van der Waals surface area (Å²) in [7, 11) is 1.28. The maximum absolute atomic E-state index is 12.8. The molecule has 1 aromatic rings. The number of esters is 1. The first-order chi connectivity index (χ1) is 10.6. The summed E-state index contributed by atoms with van der Waals surface area (Å²) >= 11 is 0. The molecule has 0 N–H and O–H groups in total. The summed E-state index contributed by atoms with van der Waals surface area (Å²) in [6.45, 7) is 0. The van der Waals surface area contributed by atoms with Crippen LogP contribution < -0.4 is 4.90 Å². The second-order valence-corrected chi connectivity index (χ2v) is 6.02. The number of carbonyl (C=O) groups is 3. The number of hydrogen-bond acceptors (Lipinski definition) is 4. The van der Waals surface area contributed by atoms with Gasteiger partial charge in [-0.15, -0.1) is 0 Å². The molecule has 0 radical (unpaired) electrons. The summed E-state index contributed by atoms with van der Waals surface area (Å²) in [5, 5.41) is 0. The minimum Gasteiger partial charge on any atom is -0.465 e. The molecule has 1 aliphatic heterocycles. The first kappa shape index (κ1) is 13.2. The predicted octanol–water partition coefficient (Wildman–Crippen LogP) is 1.78. The van der Waals surface area contributed by atoms with Crippen LogP contribution in [0.1, 0.15) is 16.8 Å². The van der Waals surface area contributed by atoms with Gasteiger partial charge in [0, 0.05) is 0 Å². The zero-order valence-corrected chi connectivity index (χ0v) is 12.1. The number of fused-ring (bicyclic) bond motifs is 5. The highest BCUT2D eigenvalue weighted by Gasteiger charge is 2.59. The van der Waals surface area contributed by atoms with Crippen molar-refractivity contribution in [3.05, 3.63) is 42.0 Å². The van der Waals surface area contributed by atoms with E-state index in [0.717, 1.165) is 6.42 Å². The van der Waals surface area contributed by atoms with Gasteiger partial charge in [0.05, 0.1) is 30.2 Å². The molecule has 2 amide bonds. The van der Waals surface area contributed by atoms with Gasteiger partial charge in [-0.3, -0.25) is 9.59 Å². The van der Waals surface area contributed by atoms with Crippen LogP contribution in [0.5, 0.6) is 0 Å².